The summed E-state index contributed by atoms with van der Waals surface area (Å²) in [5.41, 5.74) is 0. The normalized spacial score (nSPS) is 18.6. The SMILES string of the molecule is O=C1CCC(C(=O)NCCC(F)(F)F)CC1. The summed E-state index contributed by atoms with van der Waals surface area (Å²) in [7, 11) is 0. The monoisotopic (exact) mass is 237 g/mol. The Balaban J connectivity index is 2.22. The number of carbonyl (C=O) groups excluding carboxylic acids is 2. The molecule has 0 bridgehead atoms. The van der Waals surface area contributed by atoms with Crippen LogP contribution in [-0.4, -0.2) is 24.4 Å². The Labute approximate surface area is 91.4 Å². The molecule has 6 heteroatoms. The van der Waals surface area contributed by atoms with E-state index in [9.17, 15) is 22.8 Å². The van der Waals surface area contributed by atoms with E-state index in [4.69, 9.17) is 0 Å². The van der Waals surface area contributed by atoms with E-state index >= 15 is 0 Å². The van der Waals surface area contributed by atoms with Crippen LogP contribution >= 0.6 is 0 Å². The standard InChI is InChI=1S/C10H14F3NO2/c11-10(12,13)5-6-14-9(16)7-1-3-8(15)4-2-7/h7H,1-6H2,(H,14,16). The molecular weight excluding hydrogens is 223 g/mol. The van der Waals surface area contributed by atoms with Crippen LogP contribution in [-0.2, 0) is 9.59 Å². The van der Waals surface area contributed by atoms with Crippen molar-refractivity contribution in [1.82, 2.24) is 5.32 Å². The third-order valence-electron chi connectivity index (χ3n) is 2.62. The first-order chi connectivity index (χ1) is 7.38. The van der Waals surface area contributed by atoms with Gasteiger partial charge in [0.15, 0.2) is 0 Å². The zero-order valence-corrected chi connectivity index (χ0v) is 8.77. The van der Waals surface area contributed by atoms with Crippen LogP contribution in [0.2, 0.25) is 0 Å². The van der Waals surface area contributed by atoms with Crippen LogP contribution in [0.25, 0.3) is 0 Å². The molecule has 3 nitrogen and oxygen atoms in total. The van der Waals surface area contributed by atoms with Crippen molar-refractivity contribution in [1.29, 1.82) is 0 Å². The van der Waals surface area contributed by atoms with Crippen LogP contribution in [0, 0.1) is 5.92 Å². The van der Waals surface area contributed by atoms with E-state index < -0.39 is 12.6 Å². The molecular formula is C10H14F3NO2. The van der Waals surface area contributed by atoms with Crippen LogP contribution in [0.1, 0.15) is 32.1 Å². The number of carbonyl (C=O) groups is 2. The molecule has 1 fully saturated rings. The zero-order valence-electron chi connectivity index (χ0n) is 8.77. The Morgan fingerprint density at radius 1 is 1.31 bits per heavy atom. The molecule has 0 aliphatic heterocycles. The molecule has 0 unspecified atom stereocenters. The Morgan fingerprint density at radius 3 is 2.38 bits per heavy atom. The maximum absolute atomic E-state index is 11.8. The molecule has 0 spiro atoms. The number of rotatable bonds is 3. The molecule has 16 heavy (non-hydrogen) atoms. The molecule has 0 saturated heterocycles. The second-order valence-electron chi connectivity index (χ2n) is 3.97. The highest BCUT2D eigenvalue weighted by molar-refractivity contribution is 5.84. The van der Waals surface area contributed by atoms with Crippen molar-refractivity contribution in [2.24, 2.45) is 5.92 Å². The Morgan fingerprint density at radius 2 is 1.88 bits per heavy atom. The van der Waals surface area contributed by atoms with E-state index in [2.05, 4.69) is 5.32 Å². The first-order valence-corrected chi connectivity index (χ1v) is 5.24. The number of alkyl halides is 3. The minimum Gasteiger partial charge on any atom is -0.356 e. The molecule has 0 aromatic heterocycles. The second-order valence-corrected chi connectivity index (χ2v) is 3.97. The maximum atomic E-state index is 11.8. The molecule has 0 heterocycles. The van der Waals surface area contributed by atoms with Crippen LogP contribution in [0.4, 0.5) is 13.2 Å². The van der Waals surface area contributed by atoms with Gasteiger partial charge in [0.05, 0.1) is 6.42 Å². The van der Waals surface area contributed by atoms with Gasteiger partial charge in [-0.15, -0.1) is 0 Å². The van der Waals surface area contributed by atoms with Gasteiger partial charge in [0.25, 0.3) is 0 Å². The lowest BCUT2D eigenvalue weighted by Crippen LogP contribution is -2.35. The molecule has 0 aromatic rings. The Bertz CT molecular complexity index is 266. The van der Waals surface area contributed by atoms with Crippen LogP contribution in [0.15, 0.2) is 0 Å². The summed E-state index contributed by atoms with van der Waals surface area (Å²) >= 11 is 0. The van der Waals surface area contributed by atoms with E-state index in [0.29, 0.717) is 25.7 Å². The molecule has 1 aliphatic carbocycles. The molecule has 1 rings (SSSR count). The number of hydrogen-bond acceptors (Lipinski definition) is 2. The number of nitrogens with one attached hydrogen (secondary N) is 1. The second kappa shape index (κ2) is 5.32. The number of halogens is 3. The fourth-order valence-corrected chi connectivity index (χ4v) is 1.67. The highest BCUT2D eigenvalue weighted by Gasteiger charge is 2.28. The van der Waals surface area contributed by atoms with Gasteiger partial charge in [-0.2, -0.15) is 13.2 Å². The minimum absolute atomic E-state index is 0.124. The number of amides is 1. The number of Topliss-reactive ketones (excluding diaryl/α,β-unsaturated/α-hetero) is 1. The van der Waals surface area contributed by atoms with E-state index in [1.807, 2.05) is 0 Å². The van der Waals surface area contributed by atoms with Gasteiger partial charge in [-0.05, 0) is 12.8 Å². The third-order valence-corrected chi connectivity index (χ3v) is 2.62. The van der Waals surface area contributed by atoms with E-state index in [1.165, 1.54) is 0 Å². The summed E-state index contributed by atoms with van der Waals surface area (Å²) in [5.74, 6) is -0.540. The first-order valence-electron chi connectivity index (χ1n) is 5.24. The minimum atomic E-state index is -4.24. The largest absolute Gasteiger partial charge is 0.390 e. The van der Waals surface area contributed by atoms with Crippen LogP contribution in [0.5, 0.6) is 0 Å². The predicted molar refractivity (Wildman–Crippen MR) is 50.6 cm³/mol. The Hall–Kier alpha value is -1.07. The van der Waals surface area contributed by atoms with Crippen molar-refractivity contribution in [3.8, 4) is 0 Å². The number of ketones is 1. The average Bonchev–Trinajstić information content (AvgIpc) is 2.16. The van der Waals surface area contributed by atoms with E-state index in [-0.39, 0.29) is 24.2 Å². The van der Waals surface area contributed by atoms with Gasteiger partial charge < -0.3 is 5.32 Å². The smallest absolute Gasteiger partial charge is 0.356 e. The predicted octanol–water partition coefficient (Wildman–Crippen LogP) is 1.81. The molecule has 0 radical (unpaired) electrons. The molecule has 0 atom stereocenters. The third kappa shape index (κ3) is 4.63. The van der Waals surface area contributed by atoms with Gasteiger partial charge in [-0.1, -0.05) is 0 Å². The van der Waals surface area contributed by atoms with E-state index in [1.54, 1.807) is 0 Å². The lowest BCUT2D eigenvalue weighted by Gasteiger charge is -2.20. The molecule has 1 amide bonds. The summed E-state index contributed by atoms with van der Waals surface area (Å²) in [6.45, 7) is -0.382. The van der Waals surface area contributed by atoms with Crippen molar-refractivity contribution in [3.63, 3.8) is 0 Å². The van der Waals surface area contributed by atoms with Crippen LogP contribution in [0.3, 0.4) is 0 Å². The molecule has 92 valence electrons. The first kappa shape index (κ1) is 13.0. The number of hydrogen-bond donors (Lipinski definition) is 1. The summed E-state index contributed by atoms with van der Waals surface area (Å²) < 4.78 is 35.4. The average molecular weight is 237 g/mol. The Kier molecular flexibility index (Phi) is 4.32. The topological polar surface area (TPSA) is 46.2 Å². The van der Waals surface area contributed by atoms with Crippen molar-refractivity contribution in [2.75, 3.05) is 6.54 Å². The van der Waals surface area contributed by atoms with Crippen molar-refractivity contribution in [2.45, 2.75) is 38.3 Å². The summed E-state index contributed by atoms with van der Waals surface area (Å²) in [5, 5.41) is 2.25. The maximum Gasteiger partial charge on any atom is 0.390 e. The lowest BCUT2D eigenvalue weighted by molar-refractivity contribution is -0.136. The van der Waals surface area contributed by atoms with Gasteiger partial charge in [-0.25, -0.2) is 0 Å². The van der Waals surface area contributed by atoms with Gasteiger partial charge >= 0.3 is 6.18 Å². The van der Waals surface area contributed by atoms with Crippen molar-refractivity contribution in [3.05, 3.63) is 0 Å². The summed E-state index contributed by atoms with van der Waals surface area (Å²) in [4.78, 5) is 22.3. The molecule has 1 aliphatic rings. The van der Waals surface area contributed by atoms with Gasteiger partial charge in [0.1, 0.15) is 5.78 Å². The van der Waals surface area contributed by atoms with Gasteiger partial charge in [0, 0.05) is 25.3 Å². The quantitative estimate of drug-likeness (QED) is 0.813. The van der Waals surface area contributed by atoms with Gasteiger partial charge in [0.2, 0.25) is 5.91 Å². The lowest BCUT2D eigenvalue weighted by atomic mass is 9.88. The summed E-state index contributed by atoms with van der Waals surface area (Å²) in [6, 6.07) is 0. The fraction of sp³-hybridized carbons (Fsp3) is 0.800. The van der Waals surface area contributed by atoms with Crippen molar-refractivity contribution >= 4 is 11.7 Å². The summed E-state index contributed by atoms with van der Waals surface area (Å²) in [6.07, 6.45) is -3.62. The highest BCUT2D eigenvalue weighted by Crippen LogP contribution is 2.22. The molecule has 1 saturated carbocycles. The van der Waals surface area contributed by atoms with E-state index in [0.717, 1.165) is 0 Å². The van der Waals surface area contributed by atoms with Crippen molar-refractivity contribution < 1.29 is 22.8 Å². The molecule has 1 N–H and O–H groups in total. The molecule has 0 aromatic carbocycles. The highest BCUT2D eigenvalue weighted by atomic mass is 19.4. The van der Waals surface area contributed by atoms with Crippen LogP contribution < -0.4 is 5.32 Å². The van der Waals surface area contributed by atoms with Gasteiger partial charge in [-0.3, -0.25) is 9.59 Å². The zero-order chi connectivity index (χ0) is 12.2. The fourth-order valence-electron chi connectivity index (χ4n) is 1.67.